The summed E-state index contributed by atoms with van der Waals surface area (Å²) in [6.45, 7) is 3.42. The number of hydrogen-bond acceptors (Lipinski definition) is 9. The van der Waals surface area contributed by atoms with Crippen LogP contribution in [-0.4, -0.2) is 65.3 Å². The molecular formula is C20H26N6O4. The van der Waals surface area contributed by atoms with E-state index in [1.165, 1.54) is 0 Å². The normalized spacial score (nSPS) is 17.3. The molecule has 0 saturated carbocycles. The molecule has 1 saturated heterocycles. The summed E-state index contributed by atoms with van der Waals surface area (Å²) in [5.74, 6) is 1.45. The van der Waals surface area contributed by atoms with Crippen molar-refractivity contribution in [3.8, 4) is 11.7 Å². The highest BCUT2D eigenvalue weighted by molar-refractivity contribution is 5.42. The molecule has 0 spiro atoms. The Balaban J connectivity index is 1.41. The van der Waals surface area contributed by atoms with Gasteiger partial charge in [0.15, 0.2) is 5.76 Å². The number of likely N-dealkylation sites (N-methyl/N-ethyl adjacent to an activating group) is 1. The minimum absolute atomic E-state index is 0.0112. The van der Waals surface area contributed by atoms with Crippen LogP contribution in [0.4, 0.5) is 5.69 Å². The average molecular weight is 414 g/mol. The lowest BCUT2D eigenvalue weighted by Gasteiger charge is -2.32. The van der Waals surface area contributed by atoms with Crippen LogP contribution in [0.1, 0.15) is 24.8 Å². The van der Waals surface area contributed by atoms with Gasteiger partial charge in [0, 0.05) is 33.3 Å². The van der Waals surface area contributed by atoms with E-state index in [0.29, 0.717) is 43.8 Å². The monoisotopic (exact) mass is 414 g/mol. The van der Waals surface area contributed by atoms with Crippen molar-refractivity contribution in [1.82, 2.24) is 24.9 Å². The fraction of sp³-hybridized carbons (Fsp3) is 0.500. The van der Waals surface area contributed by atoms with E-state index < -0.39 is 0 Å². The highest BCUT2D eigenvalue weighted by Crippen LogP contribution is 2.23. The van der Waals surface area contributed by atoms with Gasteiger partial charge in [-0.15, -0.1) is 10.2 Å². The van der Waals surface area contributed by atoms with Gasteiger partial charge in [0.1, 0.15) is 0 Å². The molecule has 1 fully saturated rings. The van der Waals surface area contributed by atoms with E-state index in [1.54, 1.807) is 42.5 Å². The second-order valence-corrected chi connectivity index (χ2v) is 7.42. The van der Waals surface area contributed by atoms with Gasteiger partial charge < -0.3 is 18.5 Å². The van der Waals surface area contributed by atoms with Crippen molar-refractivity contribution in [1.29, 1.82) is 0 Å². The molecule has 0 aliphatic carbocycles. The van der Waals surface area contributed by atoms with Crippen LogP contribution in [0, 0.1) is 0 Å². The second kappa shape index (κ2) is 9.23. The summed E-state index contributed by atoms with van der Waals surface area (Å²) in [5.41, 5.74) is 0.693. The number of methoxy groups -OCH3 is 1. The molecule has 160 valence electrons. The van der Waals surface area contributed by atoms with Crippen molar-refractivity contribution in [2.75, 3.05) is 45.3 Å². The number of furan rings is 1. The van der Waals surface area contributed by atoms with E-state index >= 15 is 0 Å². The number of ether oxygens (including phenoxy) is 1. The first-order chi connectivity index (χ1) is 14.6. The molecular weight excluding hydrogens is 388 g/mol. The van der Waals surface area contributed by atoms with Crippen molar-refractivity contribution >= 4 is 5.69 Å². The molecule has 4 rings (SSSR count). The van der Waals surface area contributed by atoms with Gasteiger partial charge in [-0.2, -0.15) is 5.10 Å². The molecule has 4 heterocycles. The third-order valence-electron chi connectivity index (χ3n) is 5.27. The number of nitrogens with zero attached hydrogens (tertiary/aromatic N) is 6. The number of rotatable bonds is 8. The van der Waals surface area contributed by atoms with Crippen LogP contribution in [0.3, 0.4) is 0 Å². The first kappa shape index (κ1) is 20.3. The lowest BCUT2D eigenvalue weighted by molar-refractivity contribution is 0.148. The average Bonchev–Trinajstić information content (AvgIpc) is 3.44. The quantitative estimate of drug-likeness (QED) is 0.546. The highest BCUT2D eigenvalue weighted by Gasteiger charge is 2.25. The molecule has 1 atom stereocenters. The summed E-state index contributed by atoms with van der Waals surface area (Å²) < 4.78 is 17.7. The van der Waals surface area contributed by atoms with Crippen molar-refractivity contribution in [2.24, 2.45) is 0 Å². The fourth-order valence-electron chi connectivity index (χ4n) is 3.63. The van der Waals surface area contributed by atoms with Crippen LogP contribution in [-0.2, 0) is 11.3 Å². The zero-order valence-electron chi connectivity index (χ0n) is 17.2. The Hall–Kier alpha value is -2.98. The molecule has 1 aliphatic rings. The SMILES string of the molecule is COCCN(C)c1cnn([C@@H]2CCCN(Cc3nnc(-c4ccco4)o3)C2)c(=O)c1. The van der Waals surface area contributed by atoms with Gasteiger partial charge in [0.25, 0.3) is 11.4 Å². The van der Waals surface area contributed by atoms with Crippen LogP contribution in [0.15, 0.2) is 44.3 Å². The third-order valence-corrected chi connectivity index (χ3v) is 5.27. The van der Waals surface area contributed by atoms with Crippen LogP contribution in [0.25, 0.3) is 11.7 Å². The standard InChI is InChI=1S/C20H26N6O4/c1-24(8-10-28-2)16-11-19(27)26(21-12-16)15-5-3-7-25(13-15)14-18-22-23-20(30-18)17-6-4-9-29-17/h4,6,9,11-12,15H,3,5,7-8,10,13-14H2,1-2H3/t15-/m1/s1. The largest absolute Gasteiger partial charge is 0.459 e. The Morgan fingerprint density at radius 3 is 3.03 bits per heavy atom. The van der Waals surface area contributed by atoms with E-state index in [2.05, 4.69) is 20.2 Å². The maximum Gasteiger partial charge on any atom is 0.283 e. The maximum absolute atomic E-state index is 12.7. The molecule has 3 aromatic heterocycles. The van der Waals surface area contributed by atoms with E-state index in [9.17, 15) is 4.79 Å². The maximum atomic E-state index is 12.7. The lowest BCUT2D eigenvalue weighted by Crippen LogP contribution is -2.40. The minimum atomic E-state index is -0.0958. The third kappa shape index (κ3) is 4.60. The zero-order chi connectivity index (χ0) is 20.9. The Morgan fingerprint density at radius 1 is 1.37 bits per heavy atom. The number of anilines is 1. The van der Waals surface area contributed by atoms with Crippen LogP contribution < -0.4 is 10.5 Å². The van der Waals surface area contributed by atoms with E-state index in [-0.39, 0.29) is 11.6 Å². The molecule has 0 aromatic carbocycles. The summed E-state index contributed by atoms with van der Waals surface area (Å²) in [6.07, 6.45) is 5.18. The zero-order valence-corrected chi connectivity index (χ0v) is 17.2. The number of hydrogen-bond donors (Lipinski definition) is 0. The summed E-state index contributed by atoms with van der Waals surface area (Å²) >= 11 is 0. The van der Waals surface area contributed by atoms with Crippen molar-refractivity contribution in [3.05, 3.63) is 46.9 Å². The van der Waals surface area contributed by atoms with E-state index in [1.807, 2.05) is 11.9 Å². The molecule has 30 heavy (non-hydrogen) atoms. The molecule has 10 heteroatoms. The number of aromatic nitrogens is 4. The van der Waals surface area contributed by atoms with Crippen molar-refractivity contribution in [2.45, 2.75) is 25.4 Å². The second-order valence-electron chi connectivity index (χ2n) is 7.42. The molecule has 0 N–H and O–H groups in total. The Kier molecular flexibility index (Phi) is 6.24. The van der Waals surface area contributed by atoms with Gasteiger partial charge in [0.05, 0.1) is 37.3 Å². The summed E-state index contributed by atoms with van der Waals surface area (Å²) in [4.78, 5) is 16.9. The first-order valence-electron chi connectivity index (χ1n) is 10.0. The molecule has 0 unspecified atom stereocenters. The predicted octanol–water partition coefficient (Wildman–Crippen LogP) is 1.81. The topological polar surface area (TPSA) is 103 Å². The van der Waals surface area contributed by atoms with Crippen molar-refractivity contribution in [3.63, 3.8) is 0 Å². The van der Waals surface area contributed by atoms with Gasteiger partial charge in [-0.3, -0.25) is 9.69 Å². The van der Waals surface area contributed by atoms with Gasteiger partial charge >= 0.3 is 0 Å². The van der Waals surface area contributed by atoms with E-state index in [0.717, 1.165) is 25.1 Å². The summed E-state index contributed by atoms with van der Waals surface area (Å²) in [5, 5.41) is 12.6. The minimum Gasteiger partial charge on any atom is -0.459 e. The van der Waals surface area contributed by atoms with Crippen molar-refractivity contribution < 1.29 is 13.6 Å². The molecule has 0 radical (unpaired) electrons. The Morgan fingerprint density at radius 2 is 2.27 bits per heavy atom. The molecule has 10 nitrogen and oxygen atoms in total. The van der Waals surface area contributed by atoms with Gasteiger partial charge in [-0.25, -0.2) is 4.68 Å². The molecule has 1 aliphatic heterocycles. The number of likely N-dealkylation sites (tertiary alicyclic amines) is 1. The van der Waals surface area contributed by atoms with Gasteiger partial charge in [-0.05, 0) is 31.5 Å². The molecule has 3 aromatic rings. The molecule has 0 bridgehead atoms. The van der Waals surface area contributed by atoms with E-state index in [4.69, 9.17) is 13.6 Å². The molecule has 0 amide bonds. The van der Waals surface area contributed by atoms with Crippen LogP contribution >= 0.6 is 0 Å². The highest BCUT2D eigenvalue weighted by atomic mass is 16.5. The number of piperidine rings is 1. The summed E-state index contributed by atoms with van der Waals surface area (Å²) in [6, 6.07) is 5.20. The first-order valence-corrected chi connectivity index (χ1v) is 10.0. The summed E-state index contributed by atoms with van der Waals surface area (Å²) in [7, 11) is 3.58. The predicted molar refractivity (Wildman–Crippen MR) is 109 cm³/mol. The van der Waals surface area contributed by atoms with Gasteiger partial charge in [-0.1, -0.05) is 0 Å². The Bertz CT molecular complexity index is 999. The fourth-order valence-corrected chi connectivity index (χ4v) is 3.63. The van der Waals surface area contributed by atoms with Crippen LogP contribution in [0.2, 0.25) is 0 Å². The van der Waals surface area contributed by atoms with Gasteiger partial charge in [0.2, 0.25) is 5.89 Å². The smallest absolute Gasteiger partial charge is 0.283 e. The lowest BCUT2D eigenvalue weighted by atomic mass is 10.1. The Labute approximate surface area is 174 Å². The van der Waals surface area contributed by atoms with Crippen LogP contribution in [0.5, 0.6) is 0 Å².